The number of nitrogens with two attached hydrogens (primary N) is 1. The normalized spacial score (nSPS) is 25.2. The highest BCUT2D eigenvalue weighted by atomic mass is 32.1. The van der Waals surface area contributed by atoms with E-state index in [0.29, 0.717) is 18.0 Å². The summed E-state index contributed by atoms with van der Waals surface area (Å²) >= 11 is 4.76. The lowest BCUT2D eigenvalue weighted by atomic mass is 10.00. The first-order valence-corrected chi connectivity index (χ1v) is 5.99. The quantitative estimate of drug-likeness (QED) is 0.445. The molecule has 1 aliphatic rings. The van der Waals surface area contributed by atoms with Crippen LogP contribution in [0.4, 0.5) is 0 Å². The van der Waals surface area contributed by atoms with E-state index in [-0.39, 0.29) is 23.7 Å². The zero-order chi connectivity index (χ0) is 12.3. The summed E-state index contributed by atoms with van der Waals surface area (Å²) < 4.78 is 0. The molecule has 0 saturated carbocycles. The average Bonchev–Trinajstić information content (AvgIpc) is 2.40. The number of unbranched alkanes of at least 4 members (excludes halogenated alkanes) is 1. The van der Waals surface area contributed by atoms with Crippen LogP contribution in [0.5, 0.6) is 0 Å². The van der Waals surface area contributed by atoms with E-state index in [2.05, 4.69) is 0 Å². The Bertz CT molecular complexity index is 297. The van der Waals surface area contributed by atoms with Gasteiger partial charge in [0, 0.05) is 18.4 Å². The minimum atomic E-state index is -0.178. The Hall–Kier alpha value is -0.970. The molecule has 0 aromatic carbocycles. The Morgan fingerprint density at radius 1 is 1.25 bits per heavy atom. The second kappa shape index (κ2) is 5.39. The van der Waals surface area contributed by atoms with Crippen molar-refractivity contribution >= 4 is 29.0 Å². The Kier molecular flexibility index (Phi) is 4.41. The predicted octanol–water partition coefficient (Wildman–Crippen LogP) is 1.08. The number of amides is 2. The van der Waals surface area contributed by atoms with E-state index in [9.17, 15) is 9.59 Å². The number of thiocarbonyl (C=S) groups is 1. The van der Waals surface area contributed by atoms with E-state index in [1.165, 1.54) is 4.90 Å². The van der Waals surface area contributed by atoms with Crippen LogP contribution in [-0.2, 0) is 9.59 Å². The molecule has 5 heteroatoms. The van der Waals surface area contributed by atoms with Gasteiger partial charge in [0.25, 0.3) is 0 Å². The molecule has 4 nitrogen and oxygen atoms in total. The van der Waals surface area contributed by atoms with Gasteiger partial charge >= 0.3 is 0 Å². The summed E-state index contributed by atoms with van der Waals surface area (Å²) in [4.78, 5) is 25.3. The molecular weight excluding hydrogens is 224 g/mol. The first kappa shape index (κ1) is 13.1. The molecule has 1 saturated heterocycles. The largest absolute Gasteiger partial charge is 0.393 e. The van der Waals surface area contributed by atoms with Crippen molar-refractivity contribution in [3.63, 3.8) is 0 Å². The molecule has 0 bridgehead atoms. The summed E-state index contributed by atoms with van der Waals surface area (Å²) in [6, 6.07) is 0. The summed E-state index contributed by atoms with van der Waals surface area (Å²) in [7, 11) is 0. The SMILES string of the molecule is CC1C(=O)N(CCCCC(N)=S)C(=O)C1C. The molecular formula is C11H18N2O2S. The summed E-state index contributed by atoms with van der Waals surface area (Å²) in [5.74, 6) is -0.452. The standard InChI is InChI=1S/C11H18N2O2S/c1-7-8(2)11(15)13(10(7)14)6-4-3-5-9(12)16/h7-8H,3-6H2,1-2H3,(H2,12,16). The monoisotopic (exact) mass is 242 g/mol. The van der Waals surface area contributed by atoms with Crippen LogP contribution in [0.25, 0.3) is 0 Å². The number of imide groups is 1. The molecule has 1 aliphatic heterocycles. The first-order valence-electron chi connectivity index (χ1n) is 5.58. The van der Waals surface area contributed by atoms with Gasteiger partial charge in [0.05, 0.1) is 4.99 Å². The molecule has 90 valence electrons. The van der Waals surface area contributed by atoms with Crippen LogP contribution in [0.2, 0.25) is 0 Å². The number of likely N-dealkylation sites (tertiary alicyclic amines) is 1. The van der Waals surface area contributed by atoms with Crippen molar-refractivity contribution in [2.24, 2.45) is 17.6 Å². The fourth-order valence-electron chi connectivity index (χ4n) is 1.82. The van der Waals surface area contributed by atoms with Gasteiger partial charge in [-0.2, -0.15) is 0 Å². The first-order chi connectivity index (χ1) is 7.45. The molecule has 2 atom stereocenters. The van der Waals surface area contributed by atoms with Crippen molar-refractivity contribution in [3.8, 4) is 0 Å². The number of hydrogen-bond acceptors (Lipinski definition) is 3. The van der Waals surface area contributed by atoms with Gasteiger partial charge in [-0.25, -0.2) is 0 Å². The smallest absolute Gasteiger partial charge is 0.232 e. The third-order valence-corrected chi connectivity index (χ3v) is 3.32. The summed E-state index contributed by atoms with van der Waals surface area (Å²) in [6.45, 7) is 4.11. The van der Waals surface area contributed by atoms with Crippen molar-refractivity contribution in [1.29, 1.82) is 0 Å². The number of carbonyl (C=O) groups is 2. The minimum absolute atomic E-state index is 0.0483. The maximum absolute atomic E-state index is 11.7. The van der Waals surface area contributed by atoms with Gasteiger partial charge in [-0.1, -0.05) is 26.1 Å². The number of carbonyl (C=O) groups excluding carboxylic acids is 2. The molecule has 16 heavy (non-hydrogen) atoms. The number of nitrogens with zero attached hydrogens (tertiary/aromatic N) is 1. The third-order valence-electron chi connectivity index (χ3n) is 3.12. The lowest BCUT2D eigenvalue weighted by Crippen LogP contribution is -2.31. The van der Waals surface area contributed by atoms with E-state index >= 15 is 0 Å². The topological polar surface area (TPSA) is 63.4 Å². The highest BCUT2D eigenvalue weighted by Gasteiger charge is 2.41. The maximum atomic E-state index is 11.7. The molecule has 0 aliphatic carbocycles. The van der Waals surface area contributed by atoms with Crippen molar-refractivity contribution in [3.05, 3.63) is 0 Å². The van der Waals surface area contributed by atoms with Crippen LogP contribution in [0.1, 0.15) is 33.1 Å². The van der Waals surface area contributed by atoms with Crippen LogP contribution in [0.15, 0.2) is 0 Å². The van der Waals surface area contributed by atoms with Gasteiger partial charge in [-0.3, -0.25) is 14.5 Å². The molecule has 0 spiro atoms. The molecule has 0 aromatic rings. The Balaban J connectivity index is 2.40. The van der Waals surface area contributed by atoms with Crippen LogP contribution in [-0.4, -0.2) is 28.2 Å². The van der Waals surface area contributed by atoms with Crippen molar-refractivity contribution in [1.82, 2.24) is 4.90 Å². The molecule has 1 heterocycles. The van der Waals surface area contributed by atoms with E-state index in [4.69, 9.17) is 18.0 Å². The molecule has 1 rings (SSSR count). The number of hydrogen-bond donors (Lipinski definition) is 1. The zero-order valence-corrected chi connectivity index (χ0v) is 10.5. The molecule has 0 aromatic heterocycles. The van der Waals surface area contributed by atoms with Crippen molar-refractivity contribution in [2.75, 3.05) is 6.54 Å². The van der Waals surface area contributed by atoms with Crippen LogP contribution >= 0.6 is 12.2 Å². The molecule has 2 amide bonds. The molecule has 0 radical (unpaired) electrons. The molecule has 2 unspecified atom stereocenters. The van der Waals surface area contributed by atoms with Crippen LogP contribution in [0.3, 0.4) is 0 Å². The van der Waals surface area contributed by atoms with Gasteiger partial charge in [0.2, 0.25) is 11.8 Å². The second-order valence-corrected chi connectivity index (χ2v) is 4.85. The Morgan fingerprint density at radius 3 is 2.19 bits per heavy atom. The lowest BCUT2D eigenvalue weighted by molar-refractivity contribution is -0.139. The van der Waals surface area contributed by atoms with Gasteiger partial charge in [0.15, 0.2) is 0 Å². The second-order valence-electron chi connectivity index (χ2n) is 4.33. The molecule has 1 fully saturated rings. The Morgan fingerprint density at radius 2 is 1.75 bits per heavy atom. The van der Waals surface area contributed by atoms with E-state index < -0.39 is 0 Å². The van der Waals surface area contributed by atoms with E-state index in [1.807, 2.05) is 0 Å². The third kappa shape index (κ3) is 2.78. The van der Waals surface area contributed by atoms with E-state index in [0.717, 1.165) is 12.8 Å². The van der Waals surface area contributed by atoms with Gasteiger partial charge in [-0.05, 0) is 19.3 Å². The highest BCUT2D eigenvalue weighted by molar-refractivity contribution is 7.80. The predicted molar refractivity (Wildman–Crippen MR) is 65.7 cm³/mol. The summed E-state index contributed by atoms with van der Waals surface area (Å²) in [6.07, 6.45) is 2.28. The fraction of sp³-hybridized carbons (Fsp3) is 0.727. The average molecular weight is 242 g/mol. The Labute approximate surface area is 101 Å². The number of rotatable bonds is 5. The minimum Gasteiger partial charge on any atom is -0.393 e. The van der Waals surface area contributed by atoms with Gasteiger partial charge in [0.1, 0.15) is 0 Å². The fourth-order valence-corrected chi connectivity index (χ4v) is 1.96. The van der Waals surface area contributed by atoms with Crippen LogP contribution < -0.4 is 5.73 Å². The lowest BCUT2D eigenvalue weighted by Gasteiger charge is -2.13. The molecule has 2 N–H and O–H groups in total. The van der Waals surface area contributed by atoms with E-state index in [1.54, 1.807) is 13.8 Å². The van der Waals surface area contributed by atoms with Gasteiger partial charge < -0.3 is 5.73 Å². The van der Waals surface area contributed by atoms with Crippen molar-refractivity contribution < 1.29 is 9.59 Å². The zero-order valence-electron chi connectivity index (χ0n) is 9.73. The maximum Gasteiger partial charge on any atom is 0.232 e. The summed E-state index contributed by atoms with van der Waals surface area (Å²) in [5, 5.41) is 0. The van der Waals surface area contributed by atoms with Crippen LogP contribution in [0, 0.1) is 11.8 Å². The van der Waals surface area contributed by atoms with Crippen molar-refractivity contribution in [2.45, 2.75) is 33.1 Å². The summed E-state index contributed by atoms with van der Waals surface area (Å²) in [5.41, 5.74) is 5.37. The van der Waals surface area contributed by atoms with Gasteiger partial charge in [-0.15, -0.1) is 0 Å². The highest BCUT2D eigenvalue weighted by Crippen LogP contribution is 2.25.